The van der Waals surface area contributed by atoms with Gasteiger partial charge in [0.15, 0.2) is 0 Å². The number of aromatic nitrogens is 2. The van der Waals surface area contributed by atoms with Crippen molar-refractivity contribution >= 4 is 0 Å². The van der Waals surface area contributed by atoms with Crippen LogP contribution >= 0.6 is 0 Å². The van der Waals surface area contributed by atoms with Crippen LogP contribution in [0, 0.1) is 12.1 Å². The number of phenols is 2. The molecule has 4 nitrogen and oxygen atoms in total. The molecule has 6 aromatic rings. The summed E-state index contributed by atoms with van der Waals surface area (Å²) in [6, 6.07) is 51.1. The standard InChI is InChI=1S/2C11H8N.2C6H6O.2Ir/c2*1-2-6-10(7-3-1)11-8-4-5-9-12-11;2*7-6-4-2-1-3-5-6;;/h2*1-6,8-9H;2*1-5,7H;;/q2*-1;;;;. The molecule has 2 heterocycles. The van der Waals surface area contributed by atoms with Crippen LogP contribution in [-0.2, 0) is 40.2 Å². The fraction of sp³-hybridized carbons (Fsp3) is 0. The summed E-state index contributed by atoms with van der Waals surface area (Å²) >= 11 is 0. The number of pyridine rings is 2. The summed E-state index contributed by atoms with van der Waals surface area (Å²) < 4.78 is 0. The molecule has 0 aliphatic heterocycles. The number of phenolic OH excluding ortho intramolecular Hbond substituents is 2. The second kappa shape index (κ2) is 21.0. The summed E-state index contributed by atoms with van der Waals surface area (Å²) in [6.45, 7) is 0. The third kappa shape index (κ3) is 13.7. The van der Waals surface area contributed by atoms with Crippen LogP contribution in [-0.4, -0.2) is 20.2 Å². The van der Waals surface area contributed by atoms with Gasteiger partial charge in [-0.25, -0.2) is 0 Å². The van der Waals surface area contributed by atoms with Gasteiger partial charge in [-0.05, 0) is 47.8 Å². The maximum atomic E-state index is 8.63. The topological polar surface area (TPSA) is 66.2 Å². The molecule has 6 heteroatoms. The summed E-state index contributed by atoms with van der Waals surface area (Å²) in [5.41, 5.74) is 4.02. The first-order valence-electron chi connectivity index (χ1n) is 12.0. The predicted octanol–water partition coefficient (Wildman–Crippen LogP) is 7.88. The minimum Gasteiger partial charge on any atom is -0.508 e. The Morgan fingerprint density at radius 2 is 0.750 bits per heavy atom. The molecule has 2 aromatic heterocycles. The van der Waals surface area contributed by atoms with E-state index in [9.17, 15) is 0 Å². The summed E-state index contributed by atoms with van der Waals surface area (Å²) in [4.78, 5) is 8.44. The van der Waals surface area contributed by atoms with Gasteiger partial charge in [0.05, 0.1) is 0 Å². The Hall–Kier alpha value is -3.92. The fourth-order valence-corrected chi connectivity index (χ4v) is 3.01. The minimum atomic E-state index is 0. The Balaban J connectivity index is 0.000000271. The number of hydrogen-bond donors (Lipinski definition) is 2. The number of nitrogens with zero attached hydrogens (tertiary/aromatic N) is 2. The first-order valence-corrected chi connectivity index (χ1v) is 12.0. The molecule has 0 aliphatic rings. The number of rotatable bonds is 2. The van der Waals surface area contributed by atoms with Crippen LogP contribution in [0.15, 0.2) is 158 Å². The van der Waals surface area contributed by atoms with Crippen molar-refractivity contribution in [1.29, 1.82) is 0 Å². The number of benzene rings is 4. The van der Waals surface area contributed by atoms with Gasteiger partial charge in [-0.15, -0.1) is 71.8 Å². The Morgan fingerprint density at radius 1 is 0.400 bits per heavy atom. The fourth-order valence-electron chi connectivity index (χ4n) is 3.01. The molecule has 2 N–H and O–H groups in total. The molecular weight excluding hydrogens is 853 g/mol. The normalized spacial score (nSPS) is 8.80. The average Bonchev–Trinajstić information content (AvgIpc) is 3.01. The van der Waals surface area contributed by atoms with Crippen LogP contribution < -0.4 is 0 Å². The van der Waals surface area contributed by atoms with Crippen LogP contribution in [0.2, 0.25) is 0 Å². The molecule has 0 amide bonds. The summed E-state index contributed by atoms with van der Waals surface area (Å²) in [6.07, 6.45) is 3.58. The van der Waals surface area contributed by atoms with Crippen LogP contribution in [0.3, 0.4) is 0 Å². The summed E-state index contributed by atoms with van der Waals surface area (Å²) in [5.74, 6) is 0.644. The molecule has 0 saturated heterocycles. The smallest absolute Gasteiger partial charge is 0.115 e. The predicted molar refractivity (Wildman–Crippen MR) is 153 cm³/mol. The van der Waals surface area contributed by atoms with Crippen molar-refractivity contribution in [1.82, 2.24) is 9.97 Å². The van der Waals surface area contributed by atoms with E-state index in [1.54, 1.807) is 60.9 Å². The van der Waals surface area contributed by atoms with E-state index >= 15 is 0 Å². The number of para-hydroxylation sites is 2. The molecule has 0 aliphatic carbocycles. The number of hydrogen-bond acceptors (Lipinski definition) is 4. The molecule has 0 spiro atoms. The zero-order valence-corrected chi connectivity index (χ0v) is 26.3. The first-order chi connectivity index (χ1) is 18.7. The van der Waals surface area contributed by atoms with Crippen LogP contribution in [0.25, 0.3) is 22.5 Å². The Labute approximate surface area is 263 Å². The van der Waals surface area contributed by atoms with Crippen molar-refractivity contribution in [3.8, 4) is 34.0 Å². The molecule has 0 unspecified atom stereocenters. The van der Waals surface area contributed by atoms with Crippen molar-refractivity contribution < 1.29 is 50.4 Å². The van der Waals surface area contributed by atoms with Crippen molar-refractivity contribution in [3.05, 3.63) is 170 Å². The number of aromatic hydroxyl groups is 2. The van der Waals surface area contributed by atoms with E-state index in [4.69, 9.17) is 10.2 Å². The van der Waals surface area contributed by atoms with Crippen LogP contribution in [0.4, 0.5) is 0 Å². The second-order valence-electron chi connectivity index (χ2n) is 7.65. The largest absolute Gasteiger partial charge is 0.508 e. The minimum absolute atomic E-state index is 0. The van der Waals surface area contributed by atoms with Gasteiger partial charge in [0.25, 0.3) is 0 Å². The van der Waals surface area contributed by atoms with Gasteiger partial charge in [0.2, 0.25) is 0 Å². The van der Waals surface area contributed by atoms with E-state index in [1.807, 2.05) is 97.1 Å². The van der Waals surface area contributed by atoms with Gasteiger partial charge in [-0.2, -0.15) is 0 Å². The molecular formula is C34H28Ir2N2O2-2. The summed E-state index contributed by atoms with van der Waals surface area (Å²) in [7, 11) is 0. The molecule has 40 heavy (non-hydrogen) atoms. The summed E-state index contributed by atoms with van der Waals surface area (Å²) in [5, 5.41) is 17.3. The van der Waals surface area contributed by atoms with Crippen molar-refractivity contribution in [2.45, 2.75) is 0 Å². The van der Waals surface area contributed by atoms with Gasteiger partial charge in [-0.3, -0.25) is 0 Å². The molecule has 4 aromatic carbocycles. The maximum Gasteiger partial charge on any atom is 0.115 e. The van der Waals surface area contributed by atoms with Crippen LogP contribution in [0.1, 0.15) is 0 Å². The van der Waals surface area contributed by atoms with Crippen molar-refractivity contribution in [2.24, 2.45) is 0 Å². The van der Waals surface area contributed by atoms with E-state index in [2.05, 4.69) is 22.1 Å². The SMILES string of the molecule is Oc1ccccc1.Oc1ccccc1.[Ir].[Ir].[c-]1ccccc1-c1ccccn1.[c-]1ccccc1-c1ccccn1. The molecule has 0 saturated carbocycles. The molecule has 6 rings (SSSR count). The van der Waals surface area contributed by atoms with E-state index in [-0.39, 0.29) is 40.2 Å². The van der Waals surface area contributed by atoms with Crippen molar-refractivity contribution in [3.63, 3.8) is 0 Å². The molecule has 2 radical (unpaired) electrons. The Kier molecular flexibility index (Phi) is 17.9. The maximum absolute atomic E-state index is 8.63. The quantitative estimate of drug-likeness (QED) is 0.174. The van der Waals surface area contributed by atoms with E-state index in [0.29, 0.717) is 11.5 Å². The van der Waals surface area contributed by atoms with Gasteiger partial charge < -0.3 is 20.2 Å². The molecule has 206 valence electrons. The van der Waals surface area contributed by atoms with Gasteiger partial charge in [-0.1, -0.05) is 60.7 Å². The van der Waals surface area contributed by atoms with Crippen LogP contribution in [0.5, 0.6) is 11.5 Å². The molecule has 0 fully saturated rings. The van der Waals surface area contributed by atoms with Gasteiger partial charge in [0.1, 0.15) is 11.5 Å². The van der Waals surface area contributed by atoms with E-state index in [1.165, 1.54) is 0 Å². The third-order valence-electron chi connectivity index (χ3n) is 4.81. The molecule has 0 bridgehead atoms. The van der Waals surface area contributed by atoms with Crippen molar-refractivity contribution in [2.75, 3.05) is 0 Å². The zero-order chi connectivity index (χ0) is 26.7. The Morgan fingerprint density at radius 3 is 1.00 bits per heavy atom. The van der Waals surface area contributed by atoms with Gasteiger partial charge >= 0.3 is 0 Å². The van der Waals surface area contributed by atoms with E-state index < -0.39 is 0 Å². The average molecular weight is 881 g/mol. The third-order valence-corrected chi connectivity index (χ3v) is 4.81. The zero-order valence-electron chi connectivity index (χ0n) is 21.5. The Bertz CT molecular complexity index is 1210. The second-order valence-corrected chi connectivity index (χ2v) is 7.65. The van der Waals surface area contributed by atoms with Gasteiger partial charge in [0, 0.05) is 52.6 Å². The monoisotopic (exact) mass is 882 g/mol. The van der Waals surface area contributed by atoms with E-state index in [0.717, 1.165) is 22.5 Å². The molecule has 0 atom stereocenters. The first kappa shape index (κ1) is 34.1.